The first-order chi connectivity index (χ1) is 7.08. The Morgan fingerprint density at radius 3 is 2.67 bits per heavy atom. The SMILES string of the molecule is CC(C(=O)O)c1cc(C=O)cc(CCl)c1. The van der Waals surface area contributed by atoms with Gasteiger partial charge in [-0.1, -0.05) is 6.07 Å². The summed E-state index contributed by atoms with van der Waals surface area (Å²) in [4.78, 5) is 21.4. The molecule has 0 aliphatic carbocycles. The molecular weight excluding hydrogens is 216 g/mol. The molecule has 3 nitrogen and oxygen atoms in total. The van der Waals surface area contributed by atoms with Crippen LogP contribution in [0.15, 0.2) is 18.2 Å². The van der Waals surface area contributed by atoms with Gasteiger partial charge in [0.05, 0.1) is 5.92 Å². The third-order valence-electron chi connectivity index (χ3n) is 2.20. The maximum absolute atomic E-state index is 10.8. The first kappa shape index (κ1) is 11.7. The van der Waals surface area contributed by atoms with Crippen molar-refractivity contribution in [2.45, 2.75) is 18.7 Å². The van der Waals surface area contributed by atoms with E-state index in [1.807, 2.05) is 0 Å². The standard InChI is InChI=1S/C11H11ClO3/c1-7(11(14)15)10-3-8(5-12)2-9(4-10)6-13/h2-4,6-7H,5H2,1H3,(H,14,15). The van der Waals surface area contributed by atoms with Crippen LogP contribution in [0.5, 0.6) is 0 Å². The smallest absolute Gasteiger partial charge is 0.310 e. The third-order valence-corrected chi connectivity index (χ3v) is 2.51. The van der Waals surface area contributed by atoms with E-state index in [0.29, 0.717) is 17.4 Å². The molecular formula is C11H11ClO3. The predicted octanol–water partition coefficient (Wildman–Crippen LogP) is 2.43. The van der Waals surface area contributed by atoms with Crippen molar-refractivity contribution in [1.82, 2.24) is 0 Å². The largest absolute Gasteiger partial charge is 0.481 e. The van der Waals surface area contributed by atoms with Gasteiger partial charge in [0.1, 0.15) is 6.29 Å². The quantitative estimate of drug-likeness (QED) is 0.634. The zero-order valence-corrected chi connectivity index (χ0v) is 8.99. The molecule has 1 N–H and O–H groups in total. The minimum atomic E-state index is -0.918. The molecule has 0 aromatic heterocycles. The summed E-state index contributed by atoms with van der Waals surface area (Å²) < 4.78 is 0. The van der Waals surface area contributed by atoms with Gasteiger partial charge in [-0.3, -0.25) is 9.59 Å². The Morgan fingerprint density at radius 1 is 1.53 bits per heavy atom. The summed E-state index contributed by atoms with van der Waals surface area (Å²) in [5.41, 5.74) is 1.81. The number of rotatable bonds is 4. The van der Waals surface area contributed by atoms with E-state index >= 15 is 0 Å². The van der Waals surface area contributed by atoms with Crippen molar-refractivity contribution in [2.24, 2.45) is 0 Å². The summed E-state index contributed by atoms with van der Waals surface area (Å²) in [5, 5.41) is 8.84. The minimum Gasteiger partial charge on any atom is -0.481 e. The second-order valence-corrected chi connectivity index (χ2v) is 3.59. The number of carbonyl (C=O) groups is 2. The van der Waals surface area contributed by atoms with Gasteiger partial charge in [0.25, 0.3) is 0 Å². The predicted molar refractivity (Wildman–Crippen MR) is 57.4 cm³/mol. The van der Waals surface area contributed by atoms with E-state index in [-0.39, 0.29) is 5.88 Å². The molecule has 0 amide bonds. The van der Waals surface area contributed by atoms with E-state index in [4.69, 9.17) is 16.7 Å². The highest BCUT2D eigenvalue weighted by molar-refractivity contribution is 6.17. The van der Waals surface area contributed by atoms with E-state index in [2.05, 4.69) is 0 Å². The average molecular weight is 227 g/mol. The summed E-state index contributed by atoms with van der Waals surface area (Å²) in [6.45, 7) is 1.57. The molecule has 15 heavy (non-hydrogen) atoms. The van der Waals surface area contributed by atoms with Crippen LogP contribution >= 0.6 is 11.6 Å². The maximum Gasteiger partial charge on any atom is 0.310 e. The first-order valence-electron chi connectivity index (χ1n) is 4.46. The summed E-state index contributed by atoms with van der Waals surface area (Å²) in [6.07, 6.45) is 0.689. The Morgan fingerprint density at radius 2 is 2.20 bits per heavy atom. The molecule has 0 saturated heterocycles. The van der Waals surface area contributed by atoms with E-state index in [1.165, 1.54) is 0 Å². The molecule has 0 aliphatic heterocycles. The van der Waals surface area contributed by atoms with Gasteiger partial charge in [0.2, 0.25) is 0 Å². The molecule has 80 valence electrons. The van der Waals surface area contributed by atoms with Gasteiger partial charge in [-0.15, -0.1) is 11.6 Å². The van der Waals surface area contributed by atoms with Crippen molar-refractivity contribution < 1.29 is 14.7 Å². The molecule has 0 heterocycles. The molecule has 0 spiro atoms. The van der Waals surface area contributed by atoms with Gasteiger partial charge >= 0.3 is 5.97 Å². The molecule has 0 bridgehead atoms. The highest BCUT2D eigenvalue weighted by Gasteiger charge is 2.14. The molecule has 1 aromatic rings. The van der Waals surface area contributed by atoms with Crippen LogP contribution in [-0.2, 0) is 10.7 Å². The lowest BCUT2D eigenvalue weighted by Crippen LogP contribution is -2.08. The van der Waals surface area contributed by atoms with Crippen LogP contribution in [0.4, 0.5) is 0 Å². The number of aliphatic carboxylic acids is 1. The lowest BCUT2D eigenvalue weighted by atomic mass is 9.97. The summed E-state index contributed by atoms with van der Waals surface area (Å²) in [6, 6.07) is 4.93. The highest BCUT2D eigenvalue weighted by Crippen LogP contribution is 2.19. The van der Waals surface area contributed by atoms with Crippen LogP contribution in [0.3, 0.4) is 0 Å². The lowest BCUT2D eigenvalue weighted by molar-refractivity contribution is -0.138. The molecule has 0 saturated carbocycles. The summed E-state index contributed by atoms with van der Waals surface area (Å²) in [7, 11) is 0. The Bertz CT molecular complexity index is 387. The number of carbonyl (C=O) groups excluding carboxylic acids is 1. The molecule has 4 heteroatoms. The number of hydrogen-bond acceptors (Lipinski definition) is 2. The zero-order valence-electron chi connectivity index (χ0n) is 8.24. The Labute approximate surface area is 92.7 Å². The summed E-state index contributed by atoms with van der Waals surface area (Å²) in [5.74, 6) is -1.29. The fourth-order valence-electron chi connectivity index (χ4n) is 1.28. The number of benzene rings is 1. The second kappa shape index (κ2) is 4.94. The third kappa shape index (κ3) is 2.80. The molecule has 1 rings (SSSR count). The van der Waals surface area contributed by atoms with Crippen molar-refractivity contribution in [3.8, 4) is 0 Å². The van der Waals surface area contributed by atoms with Crippen molar-refractivity contribution >= 4 is 23.9 Å². The molecule has 1 aromatic carbocycles. The van der Waals surface area contributed by atoms with Crippen molar-refractivity contribution in [3.05, 3.63) is 34.9 Å². The molecule has 1 atom stereocenters. The highest BCUT2D eigenvalue weighted by atomic mass is 35.5. The molecule has 0 radical (unpaired) electrons. The van der Waals surface area contributed by atoms with Crippen LogP contribution in [-0.4, -0.2) is 17.4 Å². The maximum atomic E-state index is 10.8. The van der Waals surface area contributed by atoms with Crippen LogP contribution in [0.2, 0.25) is 0 Å². The Kier molecular flexibility index (Phi) is 3.86. The van der Waals surface area contributed by atoms with Gasteiger partial charge in [-0.05, 0) is 30.2 Å². The second-order valence-electron chi connectivity index (χ2n) is 3.32. The van der Waals surface area contributed by atoms with Crippen molar-refractivity contribution in [1.29, 1.82) is 0 Å². The monoisotopic (exact) mass is 226 g/mol. The fourth-order valence-corrected chi connectivity index (χ4v) is 1.44. The fraction of sp³-hybridized carbons (Fsp3) is 0.273. The van der Waals surface area contributed by atoms with E-state index < -0.39 is 11.9 Å². The van der Waals surface area contributed by atoms with Crippen LogP contribution in [0.1, 0.15) is 34.3 Å². The van der Waals surface area contributed by atoms with E-state index in [1.54, 1.807) is 25.1 Å². The van der Waals surface area contributed by atoms with E-state index in [9.17, 15) is 9.59 Å². The summed E-state index contributed by atoms with van der Waals surface area (Å²) >= 11 is 5.65. The first-order valence-corrected chi connectivity index (χ1v) is 4.99. The van der Waals surface area contributed by atoms with Crippen LogP contribution in [0, 0.1) is 0 Å². The Balaban J connectivity index is 3.17. The van der Waals surface area contributed by atoms with Gasteiger partial charge in [0.15, 0.2) is 0 Å². The number of alkyl halides is 1. The van der Waals surface area contributed by atoms with Gasteiger partial charge in [-0.25, -0.2) is 0 Å². The van der Waals surface area contributed by atoms with Gasteiger partial charge in [0, 0.05) is 11.4 Å². The van der Waals surface area contributed by atoms with Gasteiger partial charge in [-0.2, -0.15) is 0 Å². The number of aldehydes is 1. The van der Waals surface area contributed by atoms with Crippen molar-refractivity contribution in [3.63, 3.8) is 0 Å². The number of carboxylic acid groups (broad SMARTS) is 1. The Hall–Kier alpha value is -1.35. The number of carboxylic acids is 1. The topological polar surface area (TPSA) is 54.4 Å². The van der Waals surface area contributed by atoms with E-state index in [0.717, 1.165) is 5.56 Å². The minimum absolute atomic E-state index is 0.265. The number of halogens is 1. The average Bonchev–Trinajstić information content (AvgIpc) is 2.27. The van der Waals surface area contributed by atoms with Crippen molar-refractivity contribution in [2.75, 3.05) is 0 Å². The van der Waals surface area contributed by atoms with Gasteiger partial charge < -0.3 is 5.11 Å². The normalized spacial score (nSPS) is 12.1. The molecule has 0 aliphatic rings. The molecule has 1 unspecified atom stereocenters. The zero-order chi connectivity index (χ0) is 11.4. The number of hydrogen-bond donors (Lipinski definition) is 1. The van der Waals surface area contributed by atoms with Crippen LogP contribution in [0.25, 0.3) is 0 Å². The molecule has 0 fully saturated rings. The van der Waals surface area contributed by atoms with Crippen LogP contribution < -0.4 is 0 Å². The lowest BCUT2D eigenvalue weighted by Gasteiger charge is -2.08.